The standard InChI is InChI=1S/C31H31F3N4O3/c1-19(20-2-4-22(5-3-20)27-15-26(31(32,33)34)7-6-24(27)16-35)37-29(39)28-14-23(8-11-36-28)21-9-12-38(13-10-21)30(40)25-17-41-18-25/h2-9,11,14-15,19,25H,10,12-13,16-18,35H2,1H3,(H,37,39)/t19-/m1/s1. The zero-order valence-corrected chi connectivity index (χ0v) is 22.6. The maximum absolute atomic E-state index is 13.3. The van der Waals surface area contributed by atoms with Crippen molar-refractivity contribution in [2.45, 2.75) is 32.1 Å². The fourth-order valence-corrected chi connectivity index (χ4v) is 5.03. The Balaban J connectivity index is 1.25. The molecule has 2 aromatic carbocycles. The van der Waals surface area contributed by atoms with E-state index < -0.39 is 11.7 Å². The second-order valence-electron chi connectivity index (χ2n) is 10.3. The Morgan fingerprint density at radius 1 is 1.10 bits per heavy atom. The molecule has 0 spiro atoms. The molecule has 7 nitrogen and oxygen atoms in total. The number of benzene rings is 2. The molecule has 5 rings (SSSR count). The number of aromatic nitrogens is 1. The van der Waals surface area contributed by atoms with E-state index in [1.807, 2.05) is 24.0 Å². The average molecular weight is 565 g/mol. The SMILES string of the molecule is C[C@@H](NC(=O)c1cc(C2=CCN(C(=O)C3COC3)CC2)ccn1)c1ccc(-c2cc(C(F)(F)F)ccc2CN)cc1. The van der Waals surface area contributed by atoms with Crippen LogP contribution in [-0.2, 0) is 22.3 Å². The van der Waals surface area contributed by atoms with Crippen molar-refractivity contribution in [1.29, 1.82) is 0 Å². The summed E-state index contributed by atoms with van der Waals surface area (Å²) < 4.78 is 44.9. The van der Waals surface area contributed by atoms with Crippen LogP contribution in [0.2, 0.25) is 0 Å². The summed E-state index contributed by atoms with van der Waals surface area (Å²) in [4.78, 5) is 31.6. The molecule has 2 amide bonds. The lowest BCUT2D eigenvalue weighted by Gasteiger charge is -2.33. The number of halogens is 3. The summed E-state index contributed by atoms with van der Waals surface area (Å²) in [6.45, 7) is 4.05. The van der Waals surface area contributed by atoms with Crippen LogP contribution in [0.1, 0.15) is 52.1 Å². The summed E-state index contributed by atoms with van der Waals surface area (Å²) in [7, 11) is 0. The van der Waals surface area contributed by atoms with Crippen LogP contribution in [-0.4, -0.2) is 48.0 Å². The molecule has 1 atom stereocenters. The first-order valence-electron chi connectivity index (χ1n) is 13.5. The van der Waals surface area contributed by atoms with Crippen LogP contribution in [0.4, 0.5) is 13.2 Å². The summed E-state index contributed by atoms with van der Waals surface area (Å²) in [6.07, 6.45) is -0.157. The van der Waals surface area contributed by atoms with Crippen molar-refractivity contribution in [1.82, 2.24) is 15.2 Å². The summed E-state index contributed by atoms with van der Waals surface area (Å²) in [6, 6.07) is 13.8. The topological polar surface area (TPSA) is 97.5 Å². The van der Waals surface area contributed by atoms with Gasteiger partial charge in [-0.1, -0.05) is 36.4 Å². The molecule has 3 heterocycles. The monoisotopic (exact) mass is 564 g/mol. The molecular weight excluding hydrogens is 533 g/mol. The summed E-state index contributed by atoms with van der Waals surface area (Å²) in [5.74, 6) is -0.258. The summed E-state index contributed by atoms with van der Waals surface area (Å²) >= 11 is 0. The van der Waals surface area contributed by atoms with Gasteiger partial charge >= 0.3 is 6.18 Å². The van der Waals surface area contributed by atoms with Crippen LogP contribution in [0.15, 0.2) is 66.9 Å². The van der Waals surface area contributed by atoms with Crippen molar-refractivity contribution >= 4 is 17.4 Å². The molecule has 1 saturated heterocycles. The molecule has 1 aromatic heterocycles. The number of pyridine rings is 1. The lowest BCUT2D eigenvalue weighted by molar-refractivity contribution is -0.149. The summed E-state index contributed by atoms with van der Waals surface area (Å²) in [5, 5.41) is 2.95. The van der Waals surface area contributed by atoms with E-state index in [-0.39, 0.29) is 36.0 Å². The van der Waals surface area contributed by atoms with Crippen molar-refractivity contribution < 1.29 is 27.5 Å². The highest BCUT2D eigenvalue weighted by Gasteiger charge is 2.32. The van der Waals surface area contributed by atoms with E-state index >= 15 is 0 Å². The van der Waals surface area contributed by atoms with Crippen LogP contribution in [0, 0.1) is 5.92 Å². The number of ether oxygens (including phenoxy) is 1. The third-order valence-corrected chi connectivity index (χ3v) is 7.60. The van der Waals surface area contributed by atoms with Gasteiger partial charge in [-0.3, -0.25) is 14.6 Å². The van der Waals surface area contributed by atoms with E-state index in [4.69, 9.17) is 10.5 Å². The molecule has 0 radical (unpaired) electrons. The number of rotatable bonds is 7. The highest BCUT2D eigenvalue weighted by Crippen LogP contribution is 2.34. The molecule has 214 valence electrons. The van der Waals surface area contributed by atoms with Gasteiger partial charge in [0.2, 0.25) is 5.91 Å². The highest BCUT2D eigenvalue weighted by molar-refractivity contribution is 5.93. The minimum atomic E-state index is -4.45. The van der Waals surface area contributed by atoms with Gasteiger partial charge in [0.05, 0.1) is 30.7 Å². The Morgan fingerprint density at radius 2 is 1.85 bits per heavy atom. The lowest BCUT2D eigenvalue weighted by atomic mass is 9.95. The predicted octanol–water partition coefficient (Wildman–Crippen LogP) is 4.98. The van der Waals surface area contributed by atoms with Crippen LogP contribution in [0.25, 0.3) is 16.7 Å². The Labute approximate surface area is 236 Å². The Hall–Kier alpha value is -4.02. The van der Waals surface area contributed by atoms with E-state index in [0.29, 0.717) is 49.4 Å². The van der Waals surface area contributed by atoms with Crippen LogP contribution in [0.5, 0.6) is 0 Å². The van der Waals surface area contributed by atoms with Crippen LogP contribution in [0.3, 0.4) is 0 Å². The van der Waals surface area contributed by atoms with Gasteiger partial charge < -0.3 is 20.7 Å². The highest BCUT2D eigenvalue weighted by atomic mass is 19.4. The Bertz CT molecular complexity index is 1470. The Morgan fingerprint density at radius 3 is 2.46 bits per heavy atom. The van der Waals surface area contributed by atoms with Gasteiger partial charge in [-0.25, -0.2) is 0 Å². The number of amides is 2. The lowest BCUT2D eigenvalue weighted by Crippen LogP contribution is -2.46. The summed E-state index contributed by atoms with van der Waals surface area (Å²) in [5.41, 5.74) is 9.69. The van der Waals surface area contributed by atoms with Gasteiger partial charge in [-0.05, 0) is 71.0 Å². The third kappa shape index (κ3) is 6.34. The Kier molecular flexibility index (Phi) is 8.23. The van der Waals surface area contributed by atoms with Gasteiger partial charge in [0.1, 0.15) is 5.69 Å². The van der Waals surface area contributed by atoms with Crippen molar-refractivity contribution in [3.63, 3.8) is 0 Å². The van der Waals surface area contributed by atoms with Crippen molar-refractivity contribution in [2.24, 2.45) is 11.7 Å². The smallest absolute Gasteiger partial charge is 0.380 e. The zero-order valence-electron chi connectivity index (χ0n) is 22.6. The van der Waals surface area contributed by atoms with Crippen molar-refractivity contribution in [3.8, 4) is 11.1 Å². The molecule has 10 heteroatoms. The number of nitrogens with zero attached hydrogens (tertiary/aromatic N) is 2. The largest absolute Gasteiger partial charge is 0.416 e. The van der Waals surface area contributed by atoms with Crippen LogP contribution >= 0.6 is 0 Å². The third-order valence-electron chi connectivity index (χ3n) is 7.60. The first-order valence-corrected chi connectivity index (χ1v) is 13.5. The first-order chi connectivity index (χ1) is 19.6. The number of alkyl halides is 3. The van der Waals surface area contributed by atoms with Gasteiger partial charge in [0.15, 0.2) is 0 Å². The molecule has 1 fully saturated rings. The maximum atomic E-state index is 13.3. The van der Waals surface area contributed by atoms with E-state index in [1.165, 1.54) is 6.07 Å². The van der Waals surface area contributed by atoms with E-state index in [1.54, 1.807) is 36.5 Å². The molecule has 41 heavy (non-hydrogen) atoms. The van der Waals surface area contributed by atoms with E-state index in [9.17, 15) is 22.8 Å². The zero-order chi connectivity index (χ0) is 29.1. The first kappa shape index (κ1) is 28.5. The van der Waals surface area contributed by atoms with Crippen LogP contribution < -0.4 is 11.1 Å². The van der Waals surface area contributed by atoms with Crippen molar-refractivity contribution in [3.05, 3.63) is 94.8 Å². The molecule has 0 bridgehead atoms. The number of hydrogen-bond acceptors (Lipinski definition) is 5. The number of nitrogens with two attached hydrogens (primary N) is 1. The minimum absolute atomic E-state index is 0.0386. The quantitative estimate of drug-likeness (QED) is 0.422. The number of hydrogen-bond donors (Lipinski definition) is 2. The molecule has 0 aliphatic carbocycles. The molecule has 2 aliphatic heterocycles. The van der Waals surface area contributed by atoms with Gasteiger partial charge in [0.25, 0.3) is 5.91 Å². The molecule has 3 aromatic rings. The molecule has 3 N–H and O–H groups in total. The van der Waals surface area contributed by atoms with E-state index in [2.05, 4.69) is 10.3 Å². The number of carbonyl (C=O) groups is 2. The van der Waals surface area contributed by atoms with Gasteiger partial charge in [-0.2, -0.15) is 13.2 Å². The normalized spacial score (nSPS) is 16.5. The molecular formula is C31H31F3N4O3. The maximum Gasteiger partial charge on any atom is 0.416 e. The van der Waals surface area contributed by atoms with Crippen molar-refractivity contribution in [2.75, 3.05) is 26.3 Å². The number of carbonyl (C=O) groups excluding carboxylic acids is 2. The van der Waals surface area contributed by atoms with Gasteiger partial charge in [-0.15, -0.1) is 0 Å². The molecule has 0 saturated carbocycles. The average Bonchev–Trinajstić information content (AvgIpc) is 2.95. The fraction of sp³-hybridized carbons (Fsp3) is 0.323. The molecule has 2 aliphatic rings. The predicted molar refractivity (Wildman–Crippen MR) is 148 cm³/mol. The second kappa shape index (κ2) is 11.8. The minimum Gasteiger partial charge on any atom is -0.380 e. The van der Waals surface area contributed by atoms with E-state index in [0.717, 1.165) is 28.8 Å². The molecule has 0 unspecified atom stereocenters. The second-order valence-corrected chi connectivity index (χ2v) is 10.3. The number of nitrogens with one attached hydrogen (secondary N) is 1. The van der Waals surface area contributed by atoms with Gasteiger partial charge in [0, 0.05) is 25.8 Å². The fourth-order valence-electron chi connectivity index (χ4n) is 5.03.